The van der Waals surface area contributed by atoms with Gasteiger partial charge in [0.15, 0.2) is 0 Å². The van der Waals surface area contributed by atoms with Gasteiger partial charge < -0.3 is 10.3 Å². The van der Waals surface area contributed by atoms with Crippen LogP contribution in [0.25, 0.3) is 22.3 Å². The normalized spacial score (nSPS) is 11.5. The summed E-state index contributed by atoms with van der Waals surface area (Å²) in [5.41, 5.74) is 3.99. The van der Waals surface area contributed by atoms with Crippen LogP contribution in [-0.4, -0.2) is 32.6 Å². The Balaban J connectivity index is 1.46. The molecule has 2 aromatic heterocycles. The number of carbonyl (C=O) groups is 1. The van der Waals surface area contributed by atoms with E-state index in [9.17, 15) is 9.18 Å². The fourth-order valence-corrected chi connectivity index (χ4v) is 3.29. The molecule has 158 valence electrons. The molecular formula is C23H23FN6O. The van der Waals surface area contributed by atoms with E-state index in [1.54, 1.807) is 12.1 Å². The molecule has 0 unspecified atom stereocenters. The molecule has 2 heterocycles. The van der Waals surface area contributed by atoms with Crippen molar-refractivity contribution < 1.29 is 9.18 Å². The Morgan fingerprint density at radius 2 is 1.84 bits per heavy atom. The molecule has 7 nitrogen and oxygen atoms in total. The Hall–Kier alpha value is -3.81. The molecule has 3 N–H and O–H groups in total. The average Bonchev–Trinajstić information content (AvgIpc) is 3.13. The van der Waals surface area contributed by atoms with Gasteiger partial charge in [-0.15, -0.1) is 10.2 Å². The van der Waals surface area contributed by atoms with Crippen LogP contribution in [0.3, 0.4) is 0 Å². The molecular weight excluding hydrogens is 395 g/mol. The topological polar surface area (TPSA) is 95.6 Å². The van der Waals surface area contributed by atoms with E-state index >= 15 is 0 Å². The predicted octanol–water partition coefficient (Wildman–Crippen LogP) is 4.51. The molecule has 2 aromatic carbocycles. The summed E-state index contributed by atoms with van der Waals surface area (Å²) >= 11 is 0. The Morgan fingerprint density at radius 1 is 1.06 bits per heavy atom. The smallest absolute Gasteiger partial charge is 0.223 e. The molecule has 0 fully saturated rings. The summed E-state index contributed by atoms with van der Waals surface area (Å²) in [7, 11) is 0. The summed E-state index contributed by atoms with van der Waals surface area (Å²) in [5.74, 6) is 0.646. The number of anilines is 2. The Bertz CT molecular complexity index is 1220. The third kappa shape index (κ3) is 4.69. The maximum absolute atomic E-state index is 13.2. The second-order valence-corrected chi connectivity index (χ2v) is 8.05. The van der Waals surface area contributed by atoms with Gasteiger partial charge in [0, 0.05) is 24.4 Å². The maximum Gasteiger partial charge on any atom is 0.223 e. The largest absolute Gasteiger partial charge is 0.368 e. The van der Waals surface area contributed by atoms with Gasteiger partial charge in [0.2, 0.25) is 11.9 Å². The second-order valence-electron chi connectivity index (χ2n) is 8.05. The highest BCUT2D eigenvalue weighted by Crippen LogP contribution is 2.25. The molecule has 0 spiro atoms. The lowest BCUT2D eigenvalue weighted by atomic mass is 9.84. The van der Waals surface area contributed by atoms with Crippen molar-refractivity contribution in [1.29, 1.82) is 0 Å². The van der Waals surface area contributed by atoms with Gasteiger partial charge in [0.05, 0.1) is 16.7 Å². The zero-order valence-corrected chi connectivity index (χ0v) is 17.5. The third-order valence-corrected chi connectivity index (χ3v) is 5.07. The molecule has 0 saturated heterocycles. The van der Waals surface area contributed by atoms with E-state index in [0.717, 1.165) is 27.9 Å². The van der Waals surface area contributed by atoms with Gasteiger partial charge >= 0.3 is 0 Å². The molecule has 31 heavy (non-hydrogen) atoms. The summed E-state index contributed by atoms with van der Waals surface area (Å²) in [4.78, 5) is 18.6. The number of hydrogen-bond donors (Lipinski definition) is 3. The molecule has 8 heteroatoms. The fraction of sp³-hybridized carbons (Fsp3) is 0.217. The second kappa shape index (κ2) is 8.14. The lowest BCUT2D eigenvalue weighted by Gasteiger charge is -2.25. The van der Waals surface area contributed by atoms with E-state index in [1.807, 2.05) is 30.3 Å². The number of hydrogen-bond acceptors (Lipinski definition) is 5. The van der Waals surface area contributed by atoms with Crippen molar-refractivity contribution >= 4 is 28.7 Å². The van der Waals surface area contributed by atoms with Crippen LogP contribution in [-0.2, 0) is 10.2 Å². The van der Waals surface area contributed by atoms with Crippen LogP contribution in [0.1, 0.15) is 26.3 Å². The lowest BCUT2D eigenvalue weighted by Crippen LogP contribution is -2.28. The number of aromatic amines is 1. The molecule has 0 aliphatic carbocycles. The van der Waals surface area contributed by atoms with Crippen LogP contribution in [0.5, 0.6) is 0 Å². The zero-order valence-electron chi connectivity index (χ0n) is 17.5. The van der Waals surface area contributed by atoms with Crippen LogP contribution in [0.4, 0.5) is 16.2 Å². The zero-order chi connectivity index (χ0) is 22.0. The van der Waals surface area contributed by atoms with Gasteiger partial charge in [-0.2, -0.15) is 0 Å². The van der Waals surface area contributed by atoms with Crippen LogP contribution in [0, 0.1) is 5.82 Å². The number of benzene rings is 2. The van der Waals surface area contributed by atoms with Crippen molar-refractivity contribution in [2.24, 2.45) is 0 Å². The fourth-order valence-electron chi connectivity index (χ4n) is 3.29. The molecule has 0 atom stereocenters. The van der Waals surface area contributed by atoms with Gasteiger partial charge in [-0.05, 0) is 42.0 Å². The number of carbonyl (C=O) groups excluding carboxylic acids is 1. The monoisotopic (exact) mass is 418 g/mol. The van der Waals surface area contributed by atoms with E-state index in [0.29, 0.717) is 18.3 Å². The number of halogens is 1. The highest BCUT2D eigenvalue weighted by Gasteiger charge is 2.20. The number of amides is 1. The van der Waals surface area contributed by atoms with Crippen molar-refractivity contribution in [2.45, 2.75) is 26.2 Å². The Kier molecular flexibility index (Phi) is 5.37. The number of imidazole rings is 1. The van der Waals surface area contributed by atoms with E-state index in [2.05, 4.69) is 44.6 Å². The number of H-pyrrole nitrogens is 1. The lowest BCUT2D eigenvalue weighted by molar-refractivity contribution is -0.114. The highest BCUT2D eigenvalue weighted by molar-refractivity contribution is 5.90. The summed E-state index contributed by atoms with van der Waals surface area (Å²) in [6.45, 7) is 6.23. The van der Waals surface area contributed by atoms with Gasteiger partial charge in [-0.1, -0.05) is 32.0 Å². The highest BCUT2D eigenvalue weighted by atomic mass is 19.1. The van der Waals surface area contributed by atoms with E-state index in [4.69, 9.17) is 0 Å². The quantitative estimate of drug-likeness (QED) is 0.428. The first-order chi connectivity index (χ1) is 14.8. The maximum atomic E-state index is 13.2. The Morgan fingerprint density at radius 3 is 2.52 bits per heavy atom. The molecule has 0 bridgehead atoms. The first kappa shape index (κ1) is 20.5. The van der Waals surface area contributed by atoms with Gasteiger partial charge in [0.25, 0.3) is 0 Å². The number of fused-ring (bicyclic) bond motifs is 1. The molecule has 0 aliphatic heterocycles. The van der Waals surface area contributed by atoms with E-state index < -0.39 is 0 Å². The molecule has 0 saturated carbocycles. The van der Waals surface area contributed by atoms with Crippen LogP contribution in [0.2, 0.25) is 0 Å². The minimum Gasteiger partial charge on any atom is -0.368 e. The minimum absolute atomic E-state index is 0.184. The van der Waals surface area contributed by atoms with Crippen LogP contribution >= 0.6 is 0 Å². The number of rotatable bonds is 6. The summed E-state index contributed by atoms with van der Waals surface area (Å²) in [5, 5.41) is 14.6. The number of nitrogens with zero attached hydrogens (tertiary/aromatic N) is 3. The molecule has 0 radical (unpaired) electrons. The number of aromatic nitrogens is 4. The van der Waals surface area contributed by atoms with Gasteiger partial charge in [-0.25, -0.2) is 9.37 Å². The van der Waals surface area contributed by atoms with Crippen molar-refractivity contribution in [1.82, 2.24) is 20.2 Å². The van der Waals surface area contributed by atoms with Crippen molar-refractivity contribution in [3.8, 4) is 11.3 Å². The SMILES string of the molecule is CC(=O)Nc1nc2ccc(-c3ccc(NCC(C)(C)c4ccc(F)cc4)nn3)cc2[nH]1. The van der Waals surface area contributed by atoms with Crippen LogP contribution in [0.15, 0.2) is 54.6 Å². The summed E-state index contributed by atoms with van der Waals surface area (Å²) in [6, 6.07) is 16.0. The average molecular weight is 418 g/mol. The molecule has 1 amide bonds. The predicted molar refractivity (Wildman–Crippen MR) is 119 cm³/mol. The Labute approximate surface area is 179 Å². The van der Waals surface area contributed by atoms with E-state index in [1.165, 1.54) is 19.1 Å². The van der Waals surface area contributed by atoms with Gasteiger partial charge in [0.1, 0.15) is 11.6 Å². The standard InChI is InChI=1S/C23H23FN6O/c1-14(31)26-22-27-19-9-4-15(12-20(19)28-22)18-10-11-21(30-29-18)25-13-23(2,3)16-5-7-17(24)8-6-16/h4-12H,13H2,1-3H3,(H,25,30)(H2,26,27,28,31). The first-order valence-electron chi connectivity index (χ1n) is 9.91. The van der Waals surface area contributed by atoms with Crippen molar-refractivity contribution in [3.63, 3.8) is 0 Å². The van der Waals surface area contributed by atoms with E-state index in [-0.39, 0.29) is 17.1 Å². The first-order valence-corrected chi connectivity index (χ1v) is 9.91. The molecule has 0 aliphatic rings. The summed E-state index contributed by atoms with van der Waals surface area (Å²) < 4.78 is 13.2. The van der Waals surface area contributed by atoms with Crippen LogP contribution < -0.4 is 10.6 Å². The minimum atomic E-state index is -0.242. The number of nitrogens with one attached hydrogen (secondary N) is 3. The van der Waals surface area contributed by atoms with Crippen molar-refractivity contribution in [2.75, 3.05) is 17.2 Å². The summed E-state index contributed by atoms with van der Waals surface area (Å²) in [6.07, 6.45) is 0. The third-order valence-electron chi connectivity index (χ3n) is 5.07. The molecule has 4 aromatic rings. The van der Waals surface area contributed by atoms with Crippen molar-refractivity contribution in [3.05, 3.63) is 66.0 Å². The molecule has 4 rings (SSSR count). The van der Waals surface area contributed by atoms with Gasteiger partial charge in [-0.3, -0.25) is 10.1 Å².